The van der Waals surface area contributed by atoms with E-state index in [1.54, 1.807) is 20.8 Å². The Bertz CT molecular complexity index is 1240. The zero-order valence-corrected chi connectivity index (χ0v) is 20.7. The van der Waals surface area contributed by atoms with E-state index < -0.39 is 17.5 Å². The minimum Gasteiger partial charge on any atom is -0.466 e. The lowest BCUT2D eigenvalue weighted by molar-refractivity contribution is -0.157. The molecule has 3 aromatic rings. The Morgan fingerprint density at radius 2 is 1.89 bits per heavy atom. The van der Waals surface area contributed by atoms with Crippen LogP contribution in [0.15, 0.2) is 24.3 Å². The Balaban J connectivity index is 1.57. The summed E-state index contributed by atoms with van der Waals surface area (Å²) in [6, 6.07) is 7.11. The molecule has 1 amide bonds. The van der Waals surface area contributed by atoms with Gasteiger partial charge in [0.1, 0.15) is 11.3 Å². The Morgan fingerprint density at radius 3 is 2.60 bits per heavy atom. The second kappa shape index (κ2) is 9.91. The number of H-pyrrole nitrogens is 1. The van der Waals surface area contributed by atoms with Crippen LogP contribution >= 0.6 is 0 Å². The van der Waals surface area contributed by atoms with Crippen LogP contribution in [-0.4, -0.2) is 65.3 Å². The summed E-state index contributed by atoms with van der Waals surface area (Å²) in [4.78, 5) is 39.4. The van der Waals surface area contributed by atoms with E-state index in [-0.39, 0.29) is 18.2 Å². The number of fused-ring (bicyclic) bond motifs is 1. The van der Waals surface area contributed by atoms with E-state index in [1.807, 2.05) is 36.9 Å². The molecule has 4 rings (SSSR count). The van der Waals surface area contributed by atoms with Crippen molar-refractivity contribution in [1.29, 1.82) is 0 Å². The molecule has 1 fully saturated rings. The van der Waals surface area contributed by atoms with Crippen LogP contribution < -0.4 is 15.0 Å². The van der Waals surface area contributed by atoms with Gasteiger partial charge in [0.15, 0.2) is 6.61 Å². The van der Waals surface area contributed by atoms with Gasteiger partial charge in [-0.3, -0.25) is 4.79 Å². The van der Waals surface area contributed by atoms with Crippen molar-refractivity contribution in [2.45, 2.75) is 40.2 Å². The molecular weight excluding hydrogens is 450 g/mol. The smallest absolute Gasteiger partial charge is 0.344 e. The van der Waals surface area contributed by atoms with Crippen LogP contribution in [0.1, 0.15) is 42.5 Å². The highest BCUT2D eigenvalue weighted by molar-refractivity contribution is 6.04. The van der Waals surface area contributed by atoms with Gasteiger partial charge in [-0.1, -0.05) is 0 Å². The number of carbonyl (C=O) groups excluding carboxylic acids is 2. The van der Waals surface area contributed by atoms with E-state index in [4.69, 9.17) is 14.2 Å². The first-order valence-electron chi connectivity index (χ1n) is 11.6. The van der Waals surface area contributed by atoms with Crippen molar-refractivity contribution < 1.29 is 23.8 Å². The summed E-state index contributed by atoms with van der Waals surface area (Å²) in [5.74, 6) is -0.480. The van der Waals surface area contributed by atoms with Crippen LogP contribution in [0.25, 0.3) is 10.9 Å². The third-order valence-electron chi connectivity index (χ3n) is 5.54. The Labute approximate surface area is 204 Å². The molecule has 10 nitrogen and oxygen atoms in total. The molecule has 2 aromatic heterocycles. The van der Waals surface area contributed by atoms with Gasteiger partial charge in [0.05, 0.1) is 13.2 Å². The summed E-state index contributed by atoms with van der Waals surface area (Å²) < 4.78 is 16.3. The van der Waals surface area contributed by atoms with Crippen molar-refractivity contribution in [1.82, 2.24) is 15.0 Å². The Kier molecular flexibility index (Phi) is 6.93. The summed E-state index contributed by atoms with van der Waals surface area (Å²) in [5.41, 5.74) is 3.36. The number of carbonyl (C=O) groups is 2. The highest BCUT2D eigenvalue weighted by atomic mass is 16.6. The van der Waals surface area contributed by atoms with Crippen molar-refractivity contribution in [2.24, 2.45) is 0 Å². The molecule has 0 radical (unpaired) electrons. The van der Waals surface area contributed by atoms with Gasteiger partial charge in [0.25, 0.3) is 5.91 Å². The molecule has 1 aliphatic rings. The first kappa shape index (κ1) is 24.5. The molecule has 0 aliphatic carbocycles. The number of benzene rings is 1. The fourth-order valence-corrected chi connectivity index (χ4v) is 3.75. The number of amides is 1. The molecule has 0 saturated carbocycles. The molecule has 186 valence electrons. The largest absolute Gasteiger partial charge is 0.466 e. The van der Waals surface area contributed by atoms with Crippen LogP contribution in [0.4, 0.5) is 11.6 Å². The van der Waals surface area contributed by atoms with E-state index in [0.717, 1.165) is 22.2 Å². The van der Waals surface area contributed by atoms with Gasteiger partial charge in [0.2, 0.25) is 11.8 Å². The number of morpholine rings is 1. The maximum atomic E-state index is 13.2. The summed E-state index contributed by atoms with van der Waals surface area (Å²) in [6.07, 6.45) is 0. The van der Waals surface area contributed by atoms with Crippen molar-refractivity contribution in [3.05, 3.63) is 41.2 Å². The first-order valence-corrected chi connectivity index (χ1v) is 11.6. The predicted octanol–water partition coefficient (Wildman–Crippen LogP) is 3.38. The molecule has 1 aromatic carbocycles. The molecule has 1 aliphatic heterocycles. The SMILES string of the molecule is Cc1[nH]c2ccc(NC(=O)c3cc(OCC(=O)OC(C)(C)C)nc(N4CCOCC4)n3)cc2c1C. The molecule has 2 N–H and O–H groups in total. The predicted molar refractivity (Wildman–Crippen MR) is 132 cm³/mol. The number of aromatic nitrogens is 3. The van der Waals surface area contributed by atoms with Crippen molar-refractivity contribution in [3.63, 3.8) is 0 Å². The van der Waals surface area contributed by atoms with Gasteiger partial charge < -0.3 is 29.4 Å². The van der Waals surface area contributed by atoms with Gasteiger partial charge in [0, 0.05) is 41.4 Å². The first-order chi connectivity index (χ1) is 16.6. The van der Waals surface area contributed by atoms with Crippen LogP contribution in [0.3, 0.4) is 0 Å². The molecule has 3 heterocycles. The van der Waals surface area contributed by atoms with Crippen LogP contribution in [0, 0.1) is 13.8 Å². The maximum Gasteiger partial charge on any atom is 0.344 e. The van der Waals surface area contributed by atoms with Gasteiger partial charge in [-0.2, -0.15) is 4.98 Å². The number of nitrogens with zero attached hydrogens (tertiary/aromatic N) is 3. The number of hydrogen-bond donors (Lipinski definition) is 2. The van der Waals surface area contributed by atoms with Gasteiger partial charge in [-0.05, 0) is 58.4 Å². The molecule has 10 heteroatoms. The van der Waals surface area contributed by atoms with E-state index in [0.29, 0.717) is 37.9 Å². The van der Waals surface area contributed by atoms with Crippen molar-refractivity contribution in [2.75, 3.05) is 43.1 Å². The third kappa shape index (κ3) is 6.07. The average Bonchev–Trinajstić information content (AvgIpc) is 3.10. The summed E-state index contributed by atoms with van der Waals surface area (Å²) in [7, 11) is 0. The summed E-state index contributed by atoms with van der Waals surface area (Å²) >= 11 is 0. The number of aryl methyl sites for hydroxylation is 2. The normalized spacial score (nSPS) is 14.1. The quantitative estimate of drug-likeness (QED) is 0.515. The Morgan fingerprint density at radius 1 is 1.14 bits per heavy atom. The second-order valence-electron chi connectivity index (χ2n) is 9.46. The fraction of sp³-hybridized carbons (Fsp3) is 0.440. The summed E-state index contributed by atoms with van der Waals surface area (Å²) in [6.45, 7) is 11.3. The fourth-order valence-electron chi connectivity index (χ4n) is 3.75. The van der Waals surface area contributed by atoms with Crippen LogP contribution in [0.5, 0.6) is 5.88 Å². The number of esters is 1. The molecule has 0 atom stereocenters. The van der Waals surface area contributed by atoms with Gasteiger partial charge in [-0.25, -0.2) is 9.78 Å². The zero-order chi connectivity index (χ0) is 25.2. The van der Waals surface area contributed by atoms with E-state index in [9.17, 15) is 9.59 Å². The molecule has 35 heavy (non-hydrogen) atoms. The third-order valence-corrected chi connectivity index (χ3v) is 5.54. The number of hydrogen-bond acceptors (Lipinski definition) is 8. The highest BCUT2D eigenvalue weighted by Gasteiger charge is 2.21. The lowest BCUT2D eigenvalue weighted by Crippen LogP contribution is -2.37. The maximum absolute atomic E-state index is 13.2. The average molecular weight is 482 g/mol. The van der Waals surface area contributed by atoms with E-state index in [2.05, 4.69) is 20.3 Å². The molecule has 0 bridgehead atoms. The number of aromatic amines is 1. The standard InChI is InChI=1S/C25H31N5O5/c1-15-16(2)26-19-7-6-17(12-18(15)19)27-23(32)20-13-21(34-14-22(31)35-25(3,4)5)29-24(28-20)30-8-10-33-11-9-30/h6-7,12-13,26H,8-11,14H2,1-5H3,(H,27,32). The zero-order valence-electron chi connectivity index (χ0n) is 20.7. The van der Waals surface area contributed by atoms with Gasteiger partial charge >= 0.3 is 5.97 Å². The number of anilines is 2. The van der Waals surface area contributed by atoms with Crippen molar-refractivity contribution in [3.8, 4) is 5.88 Å². The minimum absolute atomic E-state index is 0.116. The minimum atomic E-state index is -0.631. The number of rotatable bonds is 6. The topological polar surface area (TPSA) is 119 Å². The van der Waals surface area contributed by atoms with E-state index >= 15 is 0 Å². The monoisotopic (exact) mass is 481 g/mol. The number of ether oxygens (including phenoxy) is 3. The summed E-state index contributed by atoms with van der Waals surface area (Å²) in [5, 5.41) is 3.95. The molecular formula is C25H31N5O5. The van der Waals surface area contributed by atoms with E-state index in [1.165, 1.54) is 6.07 Å². The lowest BCUT2D eigenvalue weighted by Gasteiger charge is -2.27. The number of nitrogens with one attached hydrogen (secondary N) is 2. The second-order valence-corrected chi connectivity index (χ2v) is 9.46. The Hall–Kier alpha value is -3.66. The molecule has 0 unspecified atom stereocenters. The lowest BCUT2D eigenvalue weighted by atomic mass is 10.1. The molecule has 0 spiro atoms. The van der Waals surface area contributed by atoms with Crippen LogP contribution in [-0.2, 0) is 14.3 Å². The van der Waals surface area contributed by atoms with Crippen LogP contribution in [0.2, 0.25) is 0 Å². The van der Waals surface area contributed by atoms with Crippen molar-refractivity contribution >= 4 is 34.4 Å². The van der Waals surface area contributed by atoms with Gasteiger partial charge in [-0.15, -0.1) is 0 Å². The molecule has 1 saturated heterocycles. The highest BCUT2D eigenvalue weighted by Crippen LogP contribution is 2.25.